The van der Waals surface area contributed by atoms with Gasteiger partial charge in [0.2, 0.25) is 0 Å². The molecule has 2 rings (SSSR count). The lowest BCUT2D eigenvalue weighted by atomic mass is 10.1. The quantitative estimate of drug-likeness (QED) is 0.829. The molecule has 0 unspecified atom stereocenters. The highest BCUT2D eigenvalue weighted by atomic mass is 19.1. The van der Waals surface area contributed by atoms with Crippen LogP contribution in [0.3, 0.4) is 0 Å². The number of H-pyrrole nitrogens is 1. The summed E-state index contributed by atoms with van der Waals surface area (Å²) in [4.78, 5) is 11.6. The minimum Gasteiger partial charge on any atom is -0.295 e. The van der Waals surface area contributed by atoms with Crippen molar-refractivity contribution in [3.8, 4) is 11.3 Å². The molecule has 0 spiro atoms. The van der Waals surface area contributed by atoms with E-state index in [9.17, 15) is 9.18 Å². The zero-order chi connectivity index (χ0) is 11.7. The molecule has 0 radical (unpaired) electrons. The number of aromatic amines is 1. The first-order valence-corrected chi connectivity index (χ1v) is 5.15. The van der Waals surface area contributed by atoms with Crippen LogP contribution in [0.4, 0.5) is 4.39 Å². The SMILES string of the molecule is CC(C)n1[nH]c(-c2ccc(F)cc2)cc1=O. The Hall–Kier alpha value is -1.84. The highest BCUT2D eigenvalue weighted by Crippen LogP contribution is 2.16. The van der Waals surface area contributed by atoms with Crippen molar-refractivity contribution in [1.29, 1.82) is 0 Å². The molecule has 0 saturated carbocycles. The van der Waals surface area contributed by atoms with E-state index >= 15 is 0 Å². The highest BCUT2D eigenvalue weighted by Gasteiger charge is 2.07. The van der Waals surface area contributed by atoms with Gasteiger partial charge in [-0.3, -0.25) is 14.6 Å². The molecular formula is C12H13FN2O. The van der Waals surface area contributed by atoms with Gasteiger partial charge in [0.15, 0.2) is 0 Å². The van der Waals surface area contributed by atoms with Gasteiger partial charge in [-0.25, -0.2) is 4.39 Å². The topological polar surface area (TPSA) is 37.8 Å². The lowest BCUT2D eigenvalue weighted by molar-refractivity contribution is 0.518. The van der Waals surface area contributed by atoms with Crippen LogP contribution >= 0.6 is 0 Å². The van der Waals surface area contributed by atoms with Crippen LogP contribution in [0.25, 0.3) is 11.3 Å². The fourth-order valence-electron chi connectivity index (χ4n) is 1.57. The van der Waals surface area contributed by atoms with E-state index in [1.165, 1.54) is 18.2 Å². The third-order valence-corrected chi connectivity index (χ3v) is 2.42. The van der Waals surface area contributed by atoms with E-state index in [0.717, 1.165) is 5.56 Å². The summed E-state index contributed by atoms with van der Waals surface area (Å²) < 4.78 is 14.3. The first-order chi connectivity index (χ1) is 7.58. The van der Waals surface area contributed by atoms with Crippen molar-refractivity contribution >= 4 is 0 Å². The second kappa shape index (κ2) is 3.96. The molecule has 0 saturated heterocycles. The van der Waals surface area contributed by atoms with Crippen LogP contribution in [0.5, 0.6) is 0 Å². The summed E-state index contributed by atoms with van der Waals surface area (Å²) >= 11 is 0. The largest absolute Gasteiger partial charge is 0.295 e. The summed E-state index contributed by atoms with van der Waals surface area (Å²) in [6, 6.07) is 7.64. The van der Waals surface area contributed by atoms with Crippen molar-refractivity contribution in [1.82, 2.24) is 9.78 Å². The third-order valence-electron chi connectivity index (χ3n) is 2.42. The van der Waals surface area contributed by atoms with Crippen LogP contribution in [-0.4, -0.2) is 9.78 Å². The van der Waals surface area contributed by atoms with Gasteiger partial charge in [-0.05, 0) is 43.7 Å². The Labute approximate surface area is 92.5 Å². The first-order valence-electron chi connectivity index (χ1n) is 5.15. The number of hydrogen-bond donors (Lipinski definition) is 1. The molecule has 1 N–H and O–H groups in total. The molecular weight excluding hydrogens is 207 g/mol. The smallest absolute Gasteiger partial charge is 0.267 e. The summed E-state index contributed by atoms with van der Waals surface area (Å²) in [5, 5.41) is 3.00. The number of rotatable bonds is 2. The summed E-state index contributed by atoms with van der Waals surface area (Å²) in [6.07, 6.45) is 0. The molecule has 0 atom stereocenters. The highest BCUT2D eigenvalue weighted by molar-refractivity contribution is 5.58. The van der Waals surface area contributed by atoms with Crippen LogP contribution in [0, 0.1) is 5.82 Å². The Morgan fingerprint density at radius 3 is 2.38 bits per heavy atom. The third kappa shape index (κ3) is 1.91. The molecule has 0 fully saturated rings. The van der Waals surface area contributed by atoms with Gasteiger partial charge in [-0.1, -0.05) is 0 Å². The molecule has 0 aliphatic rings. The Balaban J connectivity index is 2.45. The molecule has 1 aromatic carbocycles. The van der Waals surface area contributed by atoms with E-state index in [4.69, 9.17) is 0 Å². The molecule has 1 heterocycles. The minimum absolute atomic E-state index is 0.0747. The van der Waals surface area contributed by atoms with Crippen LogP contribution < -0.4 is 5.56 Å². The summed E-state index contributed by atoms with van der Waals surface area (Å²) in [6.45, 7) is 3.85. The van der Waals surface area contributed by atoms with Gasteiger partial charge in [0.05, 0.1) is 5.69 Å². The minimum atomic E-state index is -0.283. The van der Waals surface area contributed by atoms with Crippen LogP contribution in [-0.2, 0) is 0 Å². The molecule has 0 bridgehead atoms. The second-order valence-electron chi connectivity index (χ2n) is 3.98. The van der Waals surface area contributed by atoms with Gasteiger partial charge in [0, 0.05) is 12.1 Å². The maximum atomic E-state index is 12.7. The van der Waals surface area contributed by atoms with Crippen molar-refractivity contribution in [2.24, 2.45) is 0 Å². The monoisotopic (exact) mass is 220 g/mol. The van der Waals surface area contributed by atoms with Crippen LogP contribution in [0.15, 0.2) is 35.1 Å². The van der Waals surface area contributed by atoms with Gasteiger partial charge in [0.25, 0.3) is 5.56 Å². The van der Waals surface area contributed by atoms with Gasteiger partial charge >= 0.3 is 0 Å². The van der Waals surface area contributed by atoms with Crippen molar-refractivity contribution < 1.29 is 4.39 Å². The Morgan fingerprint density at radius 2 is 1.88 bits per heavy atom. The average molecular weight is 220 g/mol. The predicted octanol–water partition coefficient (Wildman–Crippen LogP) is 2.56. The molecule has 1 aromatic heterocycles. The number of aromatic nitrogens is 2. The lowest BCUT2D eigenvalue weighted by Crippen LogP contribution is -2.17. The molecule has 0 amide bonds. The van der Waals surface area contributed by atoms with Crippen LogP contribution in [0.2, 0.25) is 0 Å². The number of benzene rings is 1. The first kappa shape index (κ1) is 10.7. The molecule has 2 aromatic rings. The normalized spacial score (nSPS) is 11.0. The van der Waals surface area contributed by atoms with E-state index in [-0.39, 0.29) is 17.4 Å². The number of halogens is 1. The van der Waals surface area contributed by atoms with E-state index in [0.29, 0.717) is 5.69 Å². The van der Waals surface area contributed by atoms with Gasteiger partial charge < -0.3 is 0 Å². The summed E-state index contributed by atoms with van der Waals surface area (Å²) in [7, 11) is 0. The Morgan fingerprint density at radius 1 is 1.25 bits per heavy atom. The fourth-order valence-corrected chi connectivity index (χ4v) is 1.57. The van der Waals surface area contributed by atoms with Crippen molar-refractivity contribution in [2.75, 3.05) is 0 Å². The molecule has 0 aliphatic carbocycles. The lowest BCUT2D eigenvalue weighted by Gasteiger charge is -2.04. The van der Waals surface area contributed by atoms with E-state index in [1.807, 2.05) is 13.8 Å². The van der Waals surface area contributed by atoms with Gasteiger partial charge in [-0.15, -0.1) is 0 Å². The summed E-state index contributed by atoms with van der Waals surface area (Å²) in [5.41, 5.74) is 1.44. The molecule has 3 nitrogen and oxygen atoms in total. The maximum absolute atomic E-state index is 12.7. The number of nitrogens with one attached hydrogen (secondary N) is 1. The number of nitrogens with zero attached hydrogens (tertiary/aromatic N) is 1. The van der Waals surface area contributed by atoms with Crippen LogP contribution in [0.1, 0.15) is 19.9 Å². The zero-order valence-electron chi connectivity index (χ0n) is 9.20. The van der Waals surface area contributed by atoms with Crippen molar-refractivity contribution in [3.05, 3.63) is 46.5 Å². The summed E-state index contributed by atoms with van der Waals surface area (Å²) in [5.74, 6) is -0.283. The Bertz CT molecular complexity index is 537. The molecule has 16 heavy (non-hydrogen) atoms. The fraction of sp³-hybridized carbons (Fsp3) is 0.250. The van der Waals surface area contributed by atoms with E-state index in [1.54, 1.807) is 16.8 Å². The maximum Gasteiger partial charge on any atom is 0.267 e. The van der Waals surface area contributed by atoms with Crippen molar-refractivity contribution in [2.45, 2.75) is 19.9 Å². The predicted molar refractivity (Wildman–Crippen MR) is 60.8 cm³/mol. The molecule has 4 heteroatoms. The number of hydrogen-bond acceptors (Lipinski definition) is 1. The Kier molecular flexibility index (Phi) is 2.64. The molecule has 84 valence electrons. The molecule has 0 aliphatic heterocycles. The van der Waals surface area contributed by atoms with Crippen molar-refractivity contribution in [3.63, 3.8) is 0 Å². The van der Waals surface area contributed by atoms with E-state index < -0.39 is 0 Å². The second-order valence-corrected chi connectivity index (χ2v) is 3.98. The standard InChI is InChI=1S/C12H13FN2O/c1-8(2)15-12(16)7-11(14-15)9-3-5-10(13)6-4-9/h3-8,14H,1-2H3. The van der Waals surface area contributed by atoms with Gasteiger partial charge in [0.1, 0.15) is 5.82 Å². The average Bonchev–Trinajstić information content (AvgIpc) is 2.61. The van der Waals surface area contributed by atoms with Gasteiger partial charge in [-0.2, -0.15) is 0 Å². The van der Waals surface area contributed by atoms with E-state index in [2.05, 4.69) is 5.10 Å². The zero-order valence-corrected chi connectivity index (χ0v) is 9.20.